The van der Waals surface area contributed by atoms with E-state index in [1.54, 1.807) is 25.6 Å². The van der Waals surface area contributed by atoms with Gasteiger partial charge in [0, 0.05) is 16.5 Å². The molecule has 0 spiro atoms. The van der Waals surface area contributed by atoms with Crippen molar-refractivity contribution in [2.45, 2.75) is 32.2 Å². The third-order valence-corrected chi connectivity index (χ3v) is 6.87. The molecule has 2 aromatic heterocycles. The van der Waals surface area contributed by atoms with Gasteiger partial charge in [-0.1, -0.05) is 6.92 Å². The summed E-state index contributed by atoms with van der Waals surface area (Å²) < 4.78 is 12.8. The van der Waals surface area contributed by atoms with Crippen LogP contribution in [0.3, 0.4) is 0 Å². The van der Waals surface area contributed by atoms with E-state index in [4.69, 9.17) is 14.5 Å². The Bertz CT molecular complexity index is 1080. The number of thiophene rings is 1. The first kappa shape index (κ1) is 19.9. The van der Waals surface area contributed by atoms with Crippen LogP contribution in [0.4, 0.5) is 0 Å². The second-order valence-electron chi connectivity index (χ2n) is 7.50. The van der Waals surface area contributed by atoms with E-state index in [1.807, 2.05) is 28.8 Å². The van der Waals surface area contributed by atoms with Crippen molar-refractivity contribution in [3.8, 4) is 22.9 Å². The smallest absolute Gasteiger partial charge is 0.262 e. The maximum Gasteiger partial charge on any atom is 0.262 e. The summed E-state index contributed by atoms with van der Waals surface area (Å²) in [4.78, 5) is 22.8. The molecule has 1 aliphatic heterocycles. The Kier molecular flexibility index (Phi) is 5.61. The second-order valence-corrected chi connectivity index (χ2v) is 8.62. The van der Waals surface area contributed by atoms with Crippen molar-refractivity contribution in [2.75, 3.05) is 34.4 Å². The number of ether oxygens (including phenoxy) is 2. The molecule has 0 radical (unpaired) electrons. The summed E-state index contributed by atoms with van der Waals surface area (Å²) in [5, 5.41) is 0.731. The predicted molar refractivity (Wildman–Crippen MR) is 118 cm³/mol. The number of hydrogen-bond acceptors (Lipinski definition) is 6. The topological polar surface area (TPSA) is 56.6 Å². The average Bonchev–Trinajstić information content (AvgIpc) is 3.18. The van der Waals surface area contributed by atoms with Gasteiger partial charge in [-0.05, 0) is 63.7 Å². The standard InChI is InChI=1S/C22H27N3O3S/c1-5-16-13-17-21(29-16)23-20(14-6-7-18(27-3)19(12-14)28-4)25(22(17)26)15-8-10-24(2)11-9-15/h6-7,12-13,15H,5,8-11H2,1-4H3. The molecule has 0 saturated carbocycles. The molecular formula is C22H27N3O3S. The largest absolute Gasteiger partial charge is 0.493 e. The van der Waals surface area contributed by atoms with Crippen molar-refractivity contribution in [3.63, 3.8) is 0 Å². The molecule has 0 bridgehead atoms. The van der Waals surface area contributed by atoms with Gasteiger partial charge in [-0.15, -0.1) is 11.3 Å². The first-order valence-electron chi connectivity index (χ1n) is 10.0. The van der Waals surface area contributed by atoms with Gasteiger partial charge in [0.25, 0.3) is 5.56 Å². The van der Waals surface area contributed by atoms with Gasteiger partial charge in [0.1, 0.15) is 10.7 Å². The highest BCUT2D eigenvalue weighted by Gasteiger charge is 2.25. The lowest BCUT2D eigenvalue weighted by atomic mass is 10.0. The number of aryl methyl sites for hydroxylation is 1. The summed E-state index contributed by atoms with van der Waals surface area (Å²) in [7, 11) is 5.37. The van der Waals surface area contributed by atoms with Crippen molar-refractivity contribution in [3.05, 3.63) is 39.5 Å². The normalized spacial score (nSPS) is 15.7. The molecule has 3 aromatic rings. The number of piperidine rings is 1. The Morgan fingerprint density at radius 2 is 1.86 bits per heavy atom. The predicted octanol–water partition coefficient (Wildman–Crippen LogP) is 3.97. The van der Waals surface area contributed by atoms with Crippen LogP contribution in [0, 0.1) is 0 Å². The fraction of sp³-hybridized carbons (Fsp3) is 0.455. The van der Waals surface area contributed by atoms with Crippen molar-refractivity contribution in [2.24, 2.45) is 0 Å². The number of nitrogens with zero attached hydrogens (tertiary/aromatic N) is 3. The molecule has 0 N–H and O–H groups in total. The van der Waals surface area contributed by atoms with Crippen LogP contribution in [0.2, 0.25) is 0 Å². The van der Waals surface area contributed by atoms with Crippen LogP contribution in [0.15, 0.2) is 29.1 Å². The third-order valence-electron chi connectivity index (χ3n) is 5.69. The zero-order valence-electron chi connectivity index (χ0n) is 17.4. The molecule has 4 rings (SSSR count). The van der Waals surface area contributed by atoms with Gasteiger partial charge >= 0.3 is 0 Å². The maximum atomic E-state index is 13.6. The van der Waals surface area contributed by atoms with Gasteiger partial charge in [0.05, 0.1) is 19.6 Å². The van der Waals surface area contributed by atoms with Crippen LogP contribution in [0.5, 0.6) is 11.5 Å². The Morgan fingerprint density at radius 1 is 1.14 bits per heavy atom. The van der Waals surface area contributed by atoms with Crippen molar-refractivity contribution in [1.29, 1.82) is 0 Å². The van der Waals surface area contributed by atoms with Crippen LogP contribution in [-0.2, 0) is 6.42 Å². The Hall–Kier alpha value is -2.38. The highest BCUT2D eigenvalue weighted by molar-refractivity contribution is 7.18. The minimum atomic E-state index is 0.0605. The summed E-state index contributed by atoms with van der Waals surface area (Å²) in [6, 6.07) is 7.89. The number of methoxy groups -OCH3 is 2. The molecule has 7 heteroatoms. The van der Waals surface area contributed by atoms with Crippen molar-refractivity contribution >= 4 is 21.6 Å². The third kappa shape index (κ3) is 3.65. The minimum absolute atomic E-state index is 0.0605. The number of hydrogen-bond donors (Lipinski definition) is 0. The number of rotatable bonds is 5. The molecule has 1 fully saturated rings. The number of aromatic nitrogens is 2. The molecule has 0 atom stereocenters. The molecule has 29 heavy (non-hydrogen) atoms. The molecule has 6 nitrogen and oxygen atoms in total. The van der Waals surface area contributed by atoms with E-state index in [2.05, 4.69) is 18.9 Å². The molecule has 154 valence electrons. The van der Waals surface area contributed by atoms with E-state index in [0.29, 0.717) is 17.3 Å². The molecule has 0 unspecified atom stereocenters. The van der Waals surface area contributed by atoms with Gasteiger partial charge in [-0.3, -0.25) is 9.36 Å². The lowest BCUT2D eigenvalue weighted by Crippen LogP contribution is -2.36. The van der Waals surface area contributed by atoms with Gasteiger partial charge in [0.2, 0.25) is 0 Å². The molecule has 3 heterocycles. The van der Waals surface area contributed by atoms with Gasteiger partial charge < -0.3 is 14.4 Å². The summed E-state index contributed by atoms with van der Waals surface area (Å²) in [5.41, 5.74) is 0.928. The Balaban J connectivity index is 1.93. The molecule has 1 saturated heterocycles. The van der Waals surface area contributed by atoms with Gasteiger partial charge in [-0.2, -0.15) is 0 Å². The zero-order valence-corrected chi connectivity index (χ0v) is 18.2. The van der Waals surface area contributed by atoms with E-state index >= 15 is 0 Å². The first-order valence-corrected chi connectivity index (χ1v) is 10.8. The van der Waals surface area contributed by atoms with E-state index in [0.717, 1.165) is 48.1 Å². The van der Waals surface area contributed by atoms with E-state index in [9.17, 15) is 4.79 Å². The number of fused-ring (bicyclic) bond motifs is 1. The van der Waals surface area contributed by atoms with E-state index < -0.39 is 0 Å². The fourth-order valence-electron chi connectivity index (χ4n) is 3.99. The van der Waals surface area contributed by atoms with Crippen LogP contribution < -0.4 is 15.0 Å². The minimum Gasteiger partial charge on any atom is -0.493 e. The quantitative estimate of drug-likeness (QED) is 0.633. The SMILES string of the molecule is CCc1cc2c(=O)n(C3CCN(C)CC3)c(-c3ccc(OC)c(OC)c3)nc2s1. The molecule has 1 aliphatic rings. The van der Waals surface area contributed by atoms with Crippen LogP contribution in [0.25, 0.3) is 21.6 Å². The first-order chi connectivity index (χ1) is 14.0. The van der Waals surface area contributed by atoms with Crippen molar-refractivity contribution in [1.82, 2.24) is 14.5 Å². The van der Waals surface area contributed by atoms with Crippen LogP contribution in [0.1, 0.15) is 30.7 Å². The Morgan fingerprint density at radius 3 is 2.52 bits per heavy atom. The van der Waals surface area contributed by atoms with Crippen LogP contribution >= 0.6 is 11.3 Å². The number of likely N-dealkylation sites (tertiary alicyclic amines) is 1. The number of benzene rings is 1. The highest BCUT2D eigenvalue weighted by atomic mass is 32.1. The molecule has 1 aromatic carbocycles. The second kappa shape index (κ2) is 8.16. The molecule has 0 amide bonds. The summed E-state index contributed by atoms with van der Waals surface area (Å²) >= 11 is 1.61. The summed E-state index contributed by atoms with van der Waals surface area (Å²) in [6.07, 6.45) is 2.78. The van der Waals surface area contributed by atoms with E-state index in [-0.39, 0.29) is 11.6 Å². The van der Waals surface area contributed by atoms with Gasteiger partial charge in [0.15, 0.2) is 11.5 Å². The Labute approximate surface area is 174 Å². The molecular weight excluding hydrogens is 386 g/mol. The van der Waals surface area contributed by atoms with Gasteiger partial charge in [-0.25, -0.2) is 4.98 Å². The lowest BCUT2D eigenvalue weighted by molar-refractivity contribution is 0.219. The maximum absolute atomic E-state index is 13.6. The van der Waals surface area contributed by atoms with Crippen molar-refractivity contribution < 1.29 is 9.47 Å². The summed E-state index contributed by atoms with van der Waals surface area (Å²) in [6.45, 7) is 4.06. The fourth-order valence-corrected chi connectivity index (χ4v) is 4.95. The van der Waals surface area contributed by atoms with Crippen LogP contribution in [-0.4, -0.2) is 48.8 Å². The van der Waals surface area contributed by atoms with E-state index in [1.165, 1.54) is 4.88 Å². The monoisotopic (exact) mass is 413 g/mol. The average molecular weight is 414 g/mol. The zero-order chi connectivity index (χ0) is 20.5. The highest BCUT2D eigenvalue weighted by Crippen LogP contribution is 2.35. The molecule has 0 aliphatic carbocycles. The summed E-state index contributed by atoms with van der Waals surface area (Å²) in [5.74, 6) is 2.01. The lowest BCUT2D eigenvalue weighted by Gasteiger charge is -2.31.